The molecule has 1 unspecified atom stereocenters. The number of sulfonamides is 1. The van der Waals surface area contributed by atoms with Crippen LogP contribution in [0.1, 0.15) is 39.0 Å². The molecule has 1 atom stereocenters. The van der Waals surface area contributed by atoms with Gasteiger partial charge in [-0.3, -0.25) is 9.52 Å². The summed E-state index contributed by atoms with van der Waals surface area (Å²) in [5, 5.41) is 3.28. The maximum Gasteiger partial charge on any atom is 0.234 e. The molecule has 1 saturated heterocycles. The van der Waals surface area contributed by atoms with Crippen molar-refractivity contribution in [1.82, 2.24) is 10.0 Å². The zero-order chi connectivity index (χ0) is 12.7. The van der Waals surface area contributed by atoms with Crippen LogP contribution in [0, 0.1) is 5.92 Å². The molecule has 1 heterocycles. The largest absolute Gasteiger partial charge is 0.316 e. The second-order valence-electron chi connectivity index (χ2n) is 4.60. The number of carbonyl (C=O) groups is 1. The first kappa shape index (κ1) is 14.4. The lowest BCUT2D eigenvalue weighted by Crippen LogP contribution is -2.34. The van der Waals surface area contributed by atoms with Crippen molar-refractivity contribution in [2.24, 2.45) is 5.92 Å². The van der Waals surface area contributed by atoms with Gasteiger partial charge in [-0.2, -0.15) is 0 Å². The van der Waals surface area contributed by atoms with E-state index in [9.17, 15) is 13.2 Å². The van der Waals surface area contributed by atoms with Crippen LogP contribution in [0.15, 0.2) is 0 Å². The van der Waals surface area contributed by atoms with Crippen molar-refractivity contribution in [3.63, 3.8) is 0 Å². The molecule has 1 aliphatic heterocycles. The van der Waals surface area contributed by atoms with Crippen LogP contribution in [0.25, 0.3) is 0 Å². The Morgan fingerprint density at radius 1 is 1.47 bits per heavy atom. The number of hydrogen-bond acceptors (Lipinski definition) is 4. The summed E-state index contributed by atoms with van der Waals surface area (Å²) < 4.78 is 24.8. The molecular formula is C11H22N2O3S. The average Bonchev–Trinajstić information content (AvgIpc) is 2.27. The summed E-state index contributed by atoms with van der Waals surface area (Å²) in [5.74, 6) is 0.149. The van der Waals surface area contributed by atoms with E-state index in [1.807, 2.05) is 0 Å². The smallest absolute Gasteiger partial charge is 0.234 e. The Labute approximate surface area is 103 Å². The molecule has 1 rings (SSSR count). The van der Waals surface area contributed by atoms with Gasteiger partial charge < -0.3 is 5.32 Å². The summed E-state index contributed by atoms with van der Waals surface area (Å²) in [4.78, 5) is 11.5. The van der Waals surface area contributed by atoms with Gasteiger partial charge in [0.2, 0.25) is 15.9 Å². The predicted molar refractivity (Wildman–Crippen MR) is 67.0 cm³/mol. The Morgan fingerprint density at radius 2 is 2.24 bits per heavy atom. The zero-order valence-electron chi connectivity index (χ0n) is 10.4. The number of amides is 1. The van der Waals surface area contributed by atoms with Crippen LogP contribution in [0.4, 0.5) is 0 Å². The minimum Gasteiger partial charge on any atom is -0.316 e. The lowest BCUT2D eigenvalue weighted by atomic mass is 9.95. The first-order valence-electron chi connectivity index (χ1n) is 6.27. The SMILES string of the molecule is CCCS(=O)(=O)NC(=O)CCC1CCCNC1. The molecule has 0 spiro atoms. The van der Waals surface area contributed by atoms with E-state index in [1.54, 1.807) is 6.92 Å². The molecule has 0 aromatic carbocycles. The number of carbonyl (C=O) groups excluding carboxylic acids is 1. The molecular weight excluding hydrogens is 240 g/mol. The van der Waals surface area contributed by atoms with E-state index in [4.69, 9.17) is 0 Å². The van der Waals surface area contributed by atoms with Gasteiger partial charge in [0.15, 0.2) is 0 Å². The maximum absolute atomic E-state index is 11.5. The van der Waals surface area contributed by atoms with Crippen LogP contribution < -0.4 is 10.0 Å². The highest BCUT2D eigenvalue weighted by molar-refractivity contribution is 7.90. The van der Waals surface area contributed by atoms with Gasteiger partial charge in [0.05, 0.1) is 5.75 Å². The van der Waals surface area contributed by atoms with Crippen LogP contribution in [0.3, 0.4) is 0 Å². The third kappa shape index (κ3) is 6.02. The van der Waals surface area contributed by atoms with Crippen molar-refractivity contribution in [2.75, 3.05) is 18.8 Å². The first-order valence-corrected chi connectivity index (χ1v) is 7.93. The Morgan fingerprint density at radius 3 is 2.82 bits per heavy atom. The number of nitrogens with one attached hydrogen (secondary N) is 2. The van der Waals surface area contributed by atoms with Gasteiger partial charge in [-0.25, -0.2) is 8.42 Å². The Bertz CT molecular complexity index is 335. The van der Waals surface area contributed by atoms with Crippen molar-refractivity contribution in [3.8, 4) is 0 Å². The predicted octanol–water partition coefficient (Wildman–Crippen LogP) is 0.622. The molecule has 0 aliphatic carbocycles. The third-order valence-corrected chi connectivity index (χ3v) is 4.41. The molecule has 0 saturated carbocycles. The van der Waals surface area contributed by atoms with Gasteiger partial charge in [0, 0.05) is 6.42 Å². The van der Waals surface area contributed by atoms with E-state index in [-0.39, 0.29) is 11.7 Å². The summed E-state index contributed by atoms with van der Waals surface area (Å²) in [5.41, 5.74) is 0. The zero-order valence-corrected chi connectivity index (χ0v) is 11.2. The molecule has 1 aliphatic rings. The van der Waals surface area contributed by atoms with Crippen LogP contribution >= 0.6 is 0 Å². The van der Waals surface area contributed by atoms with E-state index in [0.717, 1.165) is 32.4 Å². The van der Waals surface area contributed by atoms with Gasteiger partial charge in [-0.05, 0) is 44.7 Å². The summed E-state index contributed by atoms with van der Waals surface area (Å²) in [6.45, 7) is 3.76. The normalized spacial score (nSPS) is 21.1. The van der Waals surface area contributed by atoms with Crippen molar-refractivity contribution >= 4 is 15.9 Å². The molecule has 0 bridgehead atoms. The van der Waals surface area contributed by atoms with Crippen LogP contribution in [-0.4, -0.2) is 33.2 Å². The third-order valence-electron chi connectivity index (χ3n) is 2.92. The van der Waals surface area contributed by atoms with Crippen LogP contribution in [0.2, 0.25) is 0 Å². The molecule has 17 heavy (non-hydrogen) atoms. The van der Waals surface area contributed by atoms with Crippen molar-refractivity contribution < 1.29 is 13.2 Å². The highest BCUT2D eigenvalue weighted by atomic mass is 32.2. The van der Waals surface area contributed by atoms with Crippen molar-refractivity contribution in [3.05, 3.63) is 0 Å². The first-order chi connectivity index (χ1) is 8.03. The van der Waals surface area contributed by atoms with Gasteiger partial charge >= 0.3 is 0 Å². The molecule has 5 nitrogen and oxygen atoms in total. The summed E-state index contributed by atoms with van der Waals surface area (Å²) in [6, 6.07) is 0. The van der Waals surface area contributed by atoms with E-state index in [2.05, 4.69) is 10.0 Å². The number of piperidine rings is 1. The quantitative estimate of drug-likeness (QED) is 0.736. The molecule has 100 valence electrons. The summed E-state index contributed by atoms with van der Waals surface area (Å²) >= 11 is 0. The molecule has 0 radical (unpaired) electrons. The topological polar surface area (TPSA) is 75.3 Å². The minimum atomic E-state index is -3.40. The summed E-state index contributed by atoms with van der Waals surface area (Å²) in [7, 11) is -3.40. The molecule has 1 fully saturated rings. The highest BCUT2D eigenvalue weighted by Crippen LogP contribution is 2.15. The number of hydrogen-bond donors (Lipinski definition) is 2. The second kappa shape index (κ2) is 6.96. The average molecular weight is 262 g/mol. The fourth-order valence-electron chi connectivity index (χ4n) is 2.05. The van der Waals surface area contributed by atoms with Gasteiger partial charge in [-0.15, -0.1) is 0 Å². The Hall–Kier alpha value is -0.620. The fraction of sp³-hybridized carbons (Fsp3) is 0.909. The fourth-order valence-corrected chi connectivity index (χ4v) is 3.14. The minimum absolute atomic E-state index is 0.0176. The molecule has 2 N–H and O–H groups in total. The lowest BCUT2D eigenvalue weighted by molar-refractivity contribution is -0.119. The lowest BCUT2D eigenvalue weighted by Gasteiger charge is -2.22. The van der Waals surface area contributed by atoms with Crippen LogP contribution in [-0.2, 0) is 14.8 Å². The standard InChI is InChI=1S/C11H22N2O3S/c1-2-8-17(15,16)13-11(14)6-5-10-4-3-7-12-9-10/h10,12H,2-9H2,1H3,(H,13,14). The maximum atomic E-state index is 11.5. The second-order valence-corrected chi connectivity index (χ2v) is 6.44. The molecule has 0 aromatic heterocycles. The molecule has 0 aromatic rings. The van der Waals surface area contributed by atoms with Crippen LogP contribution in [0.5, 0.6) is 0 Å². The van der Waals surface area contributed by atoms with Gasteiger partial charge in [0.1, 0.15) is 0 Å². The van der Waals surface area contributed by atoms with E-state index < -0.39 is 10.0 Å². The summed E-state index contributed by atoms with van der Waals surface area (Å²) in [6.07, 6.45) is 3.85. The number of rotatable bonds is 6. The van der Waals surface area contributed by atoms with E-state index in [1.165, 1.54) is 0 Å². The molecule has 6 heteroatoms. The Kier molecular flexibility index (Phi) is 5.91. The van der Waals surface area contributed by atoms with Gasteiger partial charge in [-0.1, -0.05) is 6.92 Å². The Balaban J connectivity index is 2.25. The van der Waals surface area contributed by atoms with E-state index >= 15 is 0 Å². The highest BCUT2D eigenvalue weighted by Gasteiger charge is 2.17. The van der Waals surface area contributed by atoms with E-state index in [0.29, 0.717) is 18.8 Å². The van der Waals surface area contributed by atoms with Gasteiger partial charge in [0.25, 0.3) is 0 Å². The monoisotopic (exact) mass is 262 g/mol. The van der Waals surface area contributed by atoms with Crippen molar-refractivity contribution in [2.45, 2.75) is 39.0 Å². The van der Waals surface area contributed by atoms with Crippen molar-refractivity contribution in [1.29, 1.82) is 0 Å². The molecule has 1 amide bonds.